The summed E-state index contributed by atoms with van der Waals surface area (Å²) in [5, 5.41) is 6.89. The molecule has 0 spiro atoms. The van der Waals surface area contributed by atoms with Gasteiger partial charge in [0.1, 0.15) is 5.54 Å². The molecule has 1 fully saturated rings. The van der Waals surface area contributed by atoms with Crippen LogP contribution in [0.15, 0.2) is 54.6 Å². The van der Waals surface area contributed by atoms with Crippen LogP contribution in [-0.2, 0) is 17.6 Å². The van der Waals surface area contributed by atoms with Crippen LogP contribution in [0, 0.1) is 0 Å². The third-order valence-corrected chi connectivity index (χ3v) is 5.04. The van der Waals surface area contributed by atoms with Crippen LogP contribution in [0.3, 0.4) is 0 Å². The standard InChI is InChI=1S/C21H24N4O2S/c1-3-15-9-11-17(12-10-15)22-19(28)24-25-18(26)21(2,23-20(25)27)14-13-16-7-5-4-6-8-16/h4-12H,3,13-14H2,1-2H3,(H,23,27)(H2,22,24,28)/t21-/m1/s1. The molecule has 3 N–H and O–H groups in total. The van der Waals surface area contributed by atoms with E-state index in [9.17, 15) is 9.59 Å². The molecule has 3 amide bonds. The Morgan fingerprint density at radius 1 is 1.07 bits per heavy atom. The van der Waals surface area contributed by atoms with Gasteiger partial charge in [-0.3, -0.25) is 10.2 Å². The summed E-state index contributed by atoms with van der Waals surface area (Å²) in [6, 6.07) is 17.2. The molecule has 0 saturated carbocycles. The van der Waals surface area contributed by atoms with Crippen molar-refractivity contribution in [3.8, 4) is 0 Å². The normalized spacial score (nSPS) is 18.7. The Labute approximate surface area is 170 Å². The zero-order chi connectivity index (χ0) is 20.1. The maximum Gasteiger partial charge on any atom is 0.344 e. The van der Waals surface area contributed by atoms with Crippen molar-refractivity contribution in [3.05, 3.63) is 65.7 Å². The van der Waals surface area contributed by atoms with Gasteiger partial charge in [0.15, 0.2) is 5.11 Å². The smallest absolute Gasteiger partial charge is 0.331 e. The number of aryl methyl sites for hydroxylation is 2. The highest BCUT2D eigenvalue weighted by Gasteiger charge is 2.48. The van der Waals surface area contributed by atoms with Gasteiger partial charge in [-0.1, -0.05) is 49.4 Å². The zero-order valence-electron chi connectivity index (χ0n) is 16.0. The largest absolute Gasteiger partial charge is 0.344 e. The lowest BCUT2D eigenvalue weighted by atomic mass is 9.93. The first-order valence-electron chi connectivity index (χ1n) is 9.28. The van der Waals surface area contributed by atoms with Gasteiger partial charge in [0.05, 0.1) is 0 Å². The van der Waals surface area contributed by atoms with E-state index in [1.165, 1.54) is 5.56 Å². The molecule has 0 unspecified atom stereocenters. The summed E-state index contributed by atoms with van der Waals surface area (Å²) in [6.45, 7) is 3.82. The van der Waals surface area contributed by atoms with Crippen molar-refractivity contribution in [2.24, 2.45) is 0 Å². The SMILES string of the molecule is CCc1ccc(NC(=S)NN2C(=O)N[C@](C)(CCc3ccccc3)C2=O)cc1. The highest BCUT2D eigenvalue weighted by molar-refractivity contribution is 7.80. The van der Waals surface area contributed by atoms with Crippen LogP contribution in [-0.4, -0.2) is 27.6 Å². The highest BCUT2D eigenvalue weighted by atomic mass is 32.1. The summed E-state index contributed by atoms with van der Waals surface area (Å²) in [5.74, 6) is -0.348. The predicted molar refractivity (Wildman–Crippen MR) is 114 cm³/mol. The molecular weight excluding hydrogens is 372 g/mol. The van der Waals surface area contributed by atoms with E-state index >= 15 is 0 Å². The first-order valence-corrected chi connectivity index (χ1v) is 9.69. The second-order valence-electron chi connectivity index (χ2n) is 7.00. The lowest BCUT2D eigenvalue weighted by Crippen LogP contribution is -2.50. The van der Waals surface area contributed by atoms with Crippen molar-refractivity contribution < 1.29 is 9.59 Å². The number of thiocarbonyl (C=S) groups is 1. The van der Waals surface area contributed by atoms with Gasteiger partial charge in [0, 0.05) is 5.69 Å². The van der Waals surface area contributed by atoms with E-state index in [4.69, 9.17) is 12.2 Å². The molecule has 0 aliphatic carbocycles. The molecule has 0 radical (unpaired) electrons. The molecule has 1 aliphatic rings. The number of anilines is 1. The molecule has 0 aromatic heterocycles. The second kappa shape index (κ2) is 8.39. The maximum atomic E-state index is 12.8. The van der Waals surface area contributed by atoms with Gasteiger partial charge in [-0.2, -0.15) is 5.01 Å². The average molecular weight is 397 g/mol. The fraction of sp³-hybridized carbons (Fsp3) is 0.286. The van der Waals surface area contributed by atoms with Crippen molar-refractivity contribution in [2.75, 3.05) is 5.32 Å². The number of carbonyl (C=O) groups is 2. The van der Waals surface area contributed by atoms with Crippen LogP contribution < -0.4 is 16.1 Å². The number of nitrogens with one attached hydrogen (secondary N) is 3. The monoisotopic (exact) mass is 396 g/mol. The third-order valence-electron chi connectivity index (χ3n) is 4.85. The number of amides is 3. The second-order valence-corrected chi connectivity index (χ2v) is 7.41. The predicted octanol–water partition coefficient (Wildman–Crippen LogP) is 3.39. The van der Waals surface area contributed by atoms with Crippen LogP contribution >= 0.6 is 12.2 Å². The molecule has 2 aromatic carbocycles. The fourth-order valence-electron chi connectivity index (χ4n) is 3.08. The van der Waals surface area contributed by atoms with Gasteiger partial charge in [0.2, 0.25) is 0 Å². The van der Waals surface area contributed by atoms with Gasteiger partial charge in [-0.05, 0) is 61.7 Å². The quantitative estimate of drug-likeness (QED) is 0.516. The molecule has 7 heteroatoms. The number of rotatable bonds is 6. The minimum atomic E-state index is -0.974. The van der Waals surface area contributed by atoms with Crippen LogP contribution in [0.2, 0.25) is 0 Å². The topological polar surface area (TPSA) is 73.5 Å². The van der Waals surface area contributed by atoms with Crippen LogP contribution in [0.1, 0.15) is 31.4 Å². The van der Waals surface area contributed by atoms with Crippen LogP contribution in [0.25, 0.3) is 0 Å². The first-order chi connectivity index (χ1) is 13.4. The Hall–Kier alpha value is -2.93. The minimum absolute atomic E-state index is 0.181. The number of hydrogen-bond acceptors (Lipinski definition) is 3. The van der Waals surface area contributed by atoms with Gasteiger partial charge in [-0.25, -0.2) is 4.79 Å². The Balaban J connectivity index is 1.59. The van der Waals surface area contributed by atoms with Gasteiger partial charge in [0.25, 0.3) is 5.91 Å². The number of hydrazine groups is 1. The number of hydrogen-bond donors (Lipinski definition) is 3. The van der Waals surface area contributed by atoms with E-state index in [-0.39, 0.29) is 11.0 Å². The van der Waals surface area contributed by atoms with Crippen molar-refractivity contribution in [3.63, 3.8) is 0 Å². The number of nitrogens with zero attached hydrogens (tertiary/aromatic N) is 1. The summed E-state index contributed by atoms with van der Waals surface area (Å²) in [7, 11) is 0. The Bertz CT molecular complexity index is 870. The molecule has 1 aliphatic heterocycles. The van der Waals surface area contributed by atoms with E-state index < -0.39 is 11.6 Å². The molecule has 6 nitrogen and oxygen atoms in total. The van der Waals surface area contributed by atoms with Gasteiger partial charge >= 0.3 is 6.03 Å². The number of carbonyl (C=O) groups excluding carboxylic acids is 2. The summed E-state index contributed by atoms with van der Waals surface area (Å²) in [5.41, 5.74) is 4.84. The third kappa shape index (κ3) is 4.48. The summed E-state index contributed by atoms with van der Waals surface area (Å²) in [4.78, 5) is 25.2. The summed E-state index contributed by atoms with van der Waals surface area (Å²) >= 11 is 5.26. The number of urea groups is 1. The van der Waals surface area contributed by atoms with Crippen LogP contribution in [0.4, 0.5) is 10.5 Å². The Morgan fingerprint density at radius 3 is 2.39 bits per heavy atom. The lowest BCUT2D eigenvalue weighted by Gasteiger charge is -2.22. The zero-order valence-corrected chi connectivity index (χ0v) is 16.8. The van der Waals surface area contributed by atoms with E-state index in [0.717, 1.165) is 22.7 Å². The Kier molecular flexibility index (Phi) is 5.94. The van der Waals surface area contributed by atoms with Crippen molar-refractivity contribution in [1.29, 1.82) is 0 Å². The van der Waals surface area contributed by atoms with E-state index in [1.54, 1.807) is 6.92 Å². The molecular formula is C21H24N4O2S. The van der Waals surface area contributed by atoms with Crippen molar-refractivity contribution in [2.45, 2.75) is 38.6 Å². The van der Waals surface area contributed by atoms with E-state index in [0.29, 0.717) is 12.8 Å². The molecule has 1 atom stereocenters. The highest BCUT2D eigenvalue weighted by Crippen LogP contribution is 2.22. The first kappa shape index (κ1) is 19.8. The number of benzene rings is 2. The molecule has 2 aromatic rings. The number of imide groups is 1. The van der Waals surface area contributed by atoms with Crippen molar-refractivity contribution in [1.82, 2.24) is 15.8 Å². The minimum Gasteiger partial charge on any atom is -0.331 e. The molecule has 146 valence electrons. The van der Waals surface area contributed by atoms with Crippen LogP contribution in [0.5, 0.6) is 0 Å². The van der Waals surface area contributed by atoms with E-state index in [1.807, 2.05) is 54.6 Å². The lowest BCUT2D eigenvalue weighted by molar-refractivity contribution is -0.132. The molecule has 1 saturated heterocycles. The van der Waals surface area contributed by atoms with E-state index in [2.05, 4.69) is 23.0 Å². The molecule has 0 bridgehead atoms. The molecule has 3 rings (SSSR count). The molecule has 28 heavy (non-hydrogen) atoms. The fourth-order valence-corrected chi connectivity index (χ4v) is 3.29. The Morgan fingerprint density at radius 2 is 1.75 bits per heavy atom. The summed E-state index contributed by atoms with van der Waals surface area (Å²) < 4.78 is 0. The van der Waals surface area contributed by atoms with Gasteiger partial charge < -0.3 is 10.6 Å². The average Bonchev–Trinajstić information content (AvgIpc) is 2.91. The molecule has 1 heterocycles. The van der Waals surface area contributed by atoms with Crippen molar-refractivity contribution >= 4 is 35.0 Å². The summed E-state index contributed by atoms with van der Waals surface area (Å²) in [6.07, 6.45) is 2.13. The van der Waals surface area contributed by atoms with Gasteiger partial charge in [-0.15, -0.1) is 0 Å². The maximum absolute atomic E-state index is 12.8.